The Bertz CT molecular complexity index is 1300. The lowest BCUT2D eigenvalue weighted by molar-refractivity contribution is 0.392. The van der Waals surface area contributed by atoms with Gasteiger partial charge in [-0.3, -0.25) is 4.72 Å². The molecular formula is C20H19ClN2O4S3. The third-order valence-corrected chi connectivity index (χ3v) is 9.94. The zero-order chi connectivity index (χ0) is 21.5. The van der Waals surface area contributed by atoms with Crippen LogP contribution in [0.15, 0.2) is 63.0 Å². The molecule has 1 aliphatic heterocycles. The molecule has 0 aliphatic carbocycles. The maximum absolute atomic E-state index is 12.8. The molecule has 1 aromatic heterocycles. The largest absolute Gasteiger partial charge is 0.280 e. The van der Waals surface area contributed by atoms with Crippen molar-refractivity contribution in [3.05, 3.63) is 75.6 Å². The molecule has 1 N–H and O–H groups in total. The molecule has 10 heteroatoms. The molecule has 30 heavy (non-hydrogen) atoms. The van der Waals surface area contributed by atoms with E-state index in [1.165, 1.54) is 21.7 Å². The maximum Gasteiger partial charge on any atom is 0.262 e. The zero-order valence-corrected chi connectivity index (χ0v) is 19.2. The molecule has 158 valence electrons. The van der Waals surface area contributed by atoms with E-state index >= 15 is 0 Å². The summed E-state index contributed by atoms with van der Waals surface area (Å²) in [6, 6.07) is 13.2. The molecule has 0 saturated heterocycles. The van der Waals surface area contributed by atoms with E-state index in [2.05, 4.69) is 4.72 Å². The van der Waals surface area contributed by atoms with Gasteiger partial charge in [0.15, 0.2) is 0 Å². The fourth-order valence-corrected chi connectivity index (χ4v) is 7.53. The molecule has 1 aliphatic rings. The van der Waals surface area contributed by atoms with Crippen molar-refractivity contribution in [2.24, 2.45) is 0 Å². The van der Waals surface area contributed by atoms with Gasteiger partial charge in [-0.15, -0.1) is 11.3 Å². The van der Waals surface area contributed by atoms with Crippen LogP contribution in [0.5, 0.6) is 0 Å². The van der Waals surface area contributed by atoms with Crippen molar-refractivity contribution in [3.63, 3.8) is 0 Å². The van der Waals surface area contributed by atoms with E-state index in [9.17, 15) is 16.8 Å². The minimum absolute atomic E-state index is 0.106. The lowest BCUT2D eigenvalue weighted by Gasteiger charge is -2.28. The fraction of sp³-hybridized carbons (Fsp3) is 0.200. The number of aryl methyl sites for hydroxylation is 1. The van der Waals surface area contributed by atoms with Crippen molar-refractivity contribution in [2.75, 3.05) is 11.3 Å². The summed E-state index contributed by atoms with van der Waals surface area (Å²) in [5, 5.41) is 2.07. The second-order valence-corrected chi connectivity index (χ2v) is 12.2. The molecule has 0 saturated carbocycles. The summed E-state index contributed by atoms with van der Waals surface area (Å²) >= 11 is 7.15. The van der Waals surface area contributed by atoms with E-state index in [0.29, 0.717) is 33.4 Å². The molecule has 3 aromatic rings. The lowest BCUT2D eigenvalue weighted by atomic mass is 10.0. The summed E-state index contributed by atoms with van der Waals surface area (Å²) in [7, 11) is -7.40. The van der Waals surface area contributed by atoms with Crippen molar-refractivity contribution in [3.8, 4) is 0 Å². The Morgan fingerprint density at radius 3 is 2.57 bits per heavy atom. The van der Waals surface area contributed by atoms with Crippen molar-refractivity contribution in [2.45, 2.75) is 29.0 Å². The summed E-state index contributed by atoms with van der Waals surface area (Å²) in [5.41, 5.74) is 2.75. The summed E-state index contributed by atoms with van der Waals surface area (Å²) < 4.78 is 55.7. The number of rotatable bonds is 5. The smallest absolute Gasteiger partial charge is 0.262 e. The molecule has 0 amide bonds. The van der Waals surface area contributed by atoms with Gasteiger partial charge in [-0.1, -0.05) is 29.8 Å². The molecule has 0 bridgehead atoms. The maximum atomic E-state index is 12.8. The van der Waals surface area contributed by atoms with E-state index < -0.39 is 20.0 Å². The van der Waals surface area contributed by atoms with E-state index in [1.807, 2.05) is 6.07 Å². The summed E-state index contributed by atoms with van der Waals surface area (Å²) in [6.07, 6.45) is 0.570. The van der Waals surface area contributed by atoms with Crippen LogP contribution in [0.25, 0.3) is 0 Å². The van der Waals surface area contributed by atoms with Crippen molar-refractivity contribution in [1.82, 2.24) is 4.31 Å². The van der Waals surface area contributed by atoms with Crippen molar-refractivity contribution >= 4 is 48.7 Å². The third kappa shape index (κ3) is 4.13. The standard InChI is InChI=1S/C20H19ClN2O4S3/c1-14-4-6-17(21)12-19(14)29(24,25)22-18-7-5-15-8-9-23(13-16(15)11-18)30(26,27)20-3-2-10-28-20/h2-7,10-12,22H,8-9,13H2,1H3. The van der Waals surface area contributed by atoms with Crippen LogP contribution in [0.2, 0.25) is 5.02 Å². The first-order valence-electron chi connectivity index (χ1n) is 9.11. The van der Waals surface area contributed by atoms with Gasteiger partial charge < -0.3 is 0 Å². The number of benzene rings is 2. The predicted octanol–water partition coefficient (Wildman–Crippen LogP) is 4.26. The van der Waals surface area contributed by atoms with E-state index in [1.54, 1.807) is 48.7 Å². The zero-order valence-electron chi connectivity index (χ0n) is 16.0. The van der Waals surface area contributed by atoms with Gasteiger partial charge in [0, 0.05) is 23.8 Å². The highest BCUT2D eigenvalue weighted by Gasteiger charge is 2.29. The summed E-state index contributed by atoms with van der Waals surface area (Å²) in [6.45, 7) is 2.28. The van der Waals surface area contributed by atoms with Gasteiger partial charge >= 0.3 is 0 Å². The quantitative estimate of drug-likeness (QED) is 0.589. The number of hydrogen-bond acceptors (Lipinski definition) is 5. The Morgan fingerprint density at radius 2 is 1.83 bits per heavy atom. The molecule has 0 fully saturated rings. The van der Waals surface area contributed by atoms with Crippen LogP contribution in [0.1, 0.15) is 16.7 Å². The van der Waals surface area contributed by atoms with Crippen LogP contribution < -0.4 is 4.72 Å². The number of nitrogens with zero attached hydrogens (tertiary/aromatic N) is 1. The second kappa shape index (κ2) is 7.97. The van der Waals surface area contributed by atoms with Gasteiger partial charge in [-0.2, -0.15) is 4.31 Å². The van der Waals surface area contributed by atoms with Gasteiger partial charge in [-0.05, 0) is 65.7 Å². The van der Waals surface area contributed by atoms with Crippen LogP contribution >= 0.6 is 22.9 Å². The van der Waals surface area contributed by atoms with Crippen molar-refractivity contribution < 1.29 is 16.8 Å². The predicted molar refractivity (Wildman–Crippen MR) is 119 cm³/mol. The highest BCUT2D eigenvalue weighted by atomic mass is 35.5. The Balaban J connectivity index is 1.61. The summed E-state index contributed by atoms with van der Waals surface area (Å²) in [4.78, 5) is 0.106. The van der Waals surface area contributed by atoms with Gasteiger partial charge in [0.25, 0.3) is 20.0 Å². The van der Waals surface area contributed by atoms with Crippen molar-refractivity contribution in [1.29, 1.82) is 0 Å². The van der Waals surface area contributed by atoms with Gasteiger partial charge in [0.2, 0.25) is 0 Å². The first-order chi connectivity index (χ1) is 14.2. The van der Waals surface area contributed by atoms with Gasteiger partial charge in [0.1, 0.15) is 4.21 Å². The highest BCUT2D eigenvalue weighted by Crippen LogP contribution is 2.30. The minimum atomic E-state index is -3.84. The molecule has 2 aromatic carbocycles. The highest BCUT2D eigenvalue weighted by molar-refractivity contribution is 7.92. The number of fused-ring (bicyclic) bond motifs is 1. The number of hydrogen-bond donors (Lipinski definition) is 1. The second-order valence-electron chi connectivity index (χ2n) is 7.02. The topological polar surface area (TPSA) is 83.6 Å². The number of halogens is 1. The van der Waals surface area contributed by atoms with Gasteiger partial charge in [0.05, 0.1) is 4.90 Å². The van der Waals surface area contributed by atoms with E-state index in [-0.39, 0.29) is 11.4 Å². The first-order valence-corrected chi connectivity index (χ1v) is 13.3. The lowest BCUT2D eigenvalue weighted by Crippen LogP contribution is -2.35. The normalized spacial score (nSPS) is 15.0. The molecule has 6 nitrogen and oxygen atoms in total. The number of thiophene rings is 1. The first kappa shape index (κ1) is 21.3. The van der Waals surface area contributed by atoms with Crippen LogP contribution in [0.3, 0.4) is 0 Å². The molecule has 0 unspecified atom stereocenters. The Hall–Kier alpha value is -1.91. The molecule has 0 atom stereocenters. The van der Waals surface area contributed by atoms with Crippen LogP contribution in [-0.2, 0) is 33.0 Å². The number of nitrogens with one attached hydrogen (secondary N) is 1. The van der Waals surface area contributed by atoms with E-state index in [4.69, 9.17) is 11.6 Å². The number of anilines is 1. The Morgan fingerprint density at radius 1 is 1.03 bits per heavy atom. The molecule has 2 heterocycles. The molecule has 0 radical (unpaired) electrons. The fourth-order valence-electron chi connectivity index (χ4n) is 3.41. The van der Waals surface area contributed by atoms with E-state index in [0.717, 1.165) is 11.1 Å². The SMILES string of the molecule is Cc1ccc(Cl)cc1S(=O)(=O)Nc1ccc2c(c1)CN(S(=O)(=O)c1cccs1)CC2. The third-order valence-electron chi connectivity index (χ3n) is 4.96. The average molecular weight is 483 g/mol. The van der Waals surface area contributed by atoms with Crippen LogP contribution in [-0.4, -0.2) is 27.7 Å². The summed E-state index contributed by atoms with van der Waals surface area (Å²) in [5.74, 6) is 0. The Kier molecular flexibility index (Phi) is 5.67. The Labute approximate surface area is 185 Å². The number of sulfonamides is 2. The molecular weight excluding hydrogens is 464 g/mol. The average Bonchev–Trinajstić information content (AvgIpc) is 3.24. The van der Waals surface area contributed by atoms with Crippen LogP contribution in [0.4, 0.5) is 5.69 Å². The molecule has 0 spiro atoms. The minimum Gasteiger partial charge on any atom is -0.280 e. The van der Waals surface area contributed by atoms with Gasteiger partial charge in [-0.25, -0.2) is 16.8 Å². The van der Waals surface area contributed by atoms with Crippen LogP contribution in [0, 0.1) is 6.92 Å². The molecule has 4 rings (SSSR count). The monoisotopic (exact) mass is 482 g/mol.